The third kappa shape index (κ3) is 4.46. The molecule has 1 amide bonds. The Labute approximate surface area is 114 Å². The molecule has 0 aliphatic carbocycles. The summed E-state index contributed by atoms with van der Waals surface area (Å²) in [5, 5.41) is 14.0. The molecule has 0 heterocycles. The summed E-state index contributed by atoms with van der Waals surface area (Å²) in [6.45, 7) is 3.33. The van der Waals surface area contributed by atoms with Gasteiger partial charge in [-0.05, 0) is 37.6 Å². The zero-order valence-electron chi connectivity index (χ0n) is 10.2. The molecule has 18 heavy (non-hydrogen) atoms. The first-order valence-corrected chi connectivity index (χ1v) is 6.21. The molecule has 1 rings (SSSR count). The molecule has 0 unspecified atom stereocenters. The molecule has 0 saturated heterocycles. The number of carbonyl (C=O) groups excluding carboxylic acids is 1. The number of carboxylic acids is 1. The summed E-state index contributed by atoms with van der Waals surface area (Å²) >= 11 is 3.34. The molecule has 1 atom stereocenters. The number of carboxylic acid groups (broad SMARTS) is 1. The van der Waals surface area contributed by atoms with Gasteiger partial charge < -0.3 is 10.4 Å². The van der Waals surface area contributed by atoms with Crippen molar-refractivity contribution in [2.45, 2.75) is 19.9 Å². The Bertz CT molecular complexity index is 463. The van der Waals surface area contributed by atoms with E-state index < -0.39 is 12.0 Å². The second kappa shape index (κ2) is 6.51. The fourth-order valence-corrected chi connectivity index (χ4v) is 1.77. The molecule has 0 aliphatic rings. The van der Waals surface area contributed by atoms with Crippen LogP contribution < -0.4 is 10.6 Å². The lowest BCUT2D eigenvalue weighted by Crippen LogP contribution is -2.39. The Morgan fingerprint density at radius 3 is 2.67 bits per heavy atom. The van der Waals surface area contributed by atoms with Crippen LogP contribution in [0.25, 0.3) is 0 Å². The van der Waals surface area contributed by atoms with Crippen molar-refractivity contribution in [3.63, 3.8) is 0 Å². The molecule has 0 spiro atoms. The molecule has 3 N–H and O–H groups in total. The molecule has 0 bridgehead atoms. The Balaban J connectivity index is 2.52. The molecular weight excluding hydrogens is 300 g/mol. The average molecular weight is 315 g/mol. The maximum atomic E-state index is 11.6. The fraction of sp³-hybridized carbons (Fsp3) is 0.333. The van der Waals surface area contributed by atoms with Crippen molar-refractivity contribution < 1.29 is 14.7 Å². The summed E-state index contributed by atoms with van der Waals surface area (Å²) in [5.74, 6) is -1.25. The van der Waals surface area contributed by atoms with Gasteiger partial charge in [-0.25, -0.2) is 0 Å². The Hall–Kier alpha value is -1.40. The maximum Gasteiger partial charge on any atom is 0.320 e. The quantitative estimate of drug-likeness (QED) is 0.774. The first-order chi connectivity index (χ1) is 8.40. The summed E-state index contributed by atoms with van der Waals surface area (Å²) in [6, 6.07) is 4.76. The number of benzene rings is 1. The van der Waals surface area contributed by atoms with Crippen molar-refractivity contribution >= 4 is 33.5 Å². The summed E-state index contributed by atoms with van der Waals surface area (Å²) in [6.07, 6.45) is 0. The van der Waals surface area contributed by atoms with Gasteiger partial charge in [0.25, 0.3) is 0 Å². The number of amides is 1. The van der Waals surface area contributed by atoms with Gasteiger partial charge in [-0.15, -0.1) is 0 Å². The first kappa shape index (κ1) is 14.7. The van der Waals surface area contributed by atoms with Gasteiger partial charge in [-0.2, -0.15) is 0 Å². The molecule has 5 nitrogen and oxygen atoms in total. The zero-order valence-corrected chi connectivity index (χ0v) is 11.7. The number of carbonyl (C=O) groups is 2. The van der Waals surface area contributed by atoms with Crippen LogP contribution in [-0.2, 0) is 9.59 Å². The highest BCUT2D eigenvalue weighted by atomic mass is 79.9. The fourth-order valence-electron chi connectivity index (χ4n) is 1.29. The van der Waals surface area contributed by atoms with Crippen LogP contribution in [0.15, 0.2) is 22.7 Å². The number of aliphatic carboxylic acids is 1. The van der Waals surface area contributed by atoms with E-state index in [1.807, 2.05) is 19.1 Å². The number of halogens is 1. The van der Waals surface area contributed by atoms with Gasteiger partial charge in [0.2, 0.25) is 5.91 Å². The second-order valence-electron chi connectivity index (χ2n) is 3.95. The minimum Gasteiger partial charge on any atom is -0.480 e. The van der Waals surface area contributed by atoms with Gasteiger partial charge in [0.05, 0.1) is 6.54 Å². The van der Waals surface area contributed by atoms with Crippen LogP contribution in [0.5, 0.6) is 0 Å². The lowest BCUT2D eigenvalue weighted by atomic mass is 10.2. The van der Waals surface area contributed by atoms with E-state index in [1.54, 1.807) is 6.07 Å². The minimum absolute atomic E-state index is 0.0387. The lowest BCUT2D eigenvalue weighted by molar-refractivity contribution is -0.139. The van der Waals surface area contributed by atoms with E-state index in [0.717, 1.165) is 10.0 Å². The predicted molar refractivity (Wildman–Crippen MR) is 72.6 cm³/mol. The Kier molecular flexibility index (Phi) is 5.30. The average Bonchev–Trinajstić information content (AvgIpc) is 2.29. The largest absolute Gasteiger partial charge is 0.480 e. The standard InChI is InChI=1S/C12H15BrN2O3/c1-7-5-9(13)3-4-10(7)15-11(16)6-14-8(2)12(17)18/h3-5,8,14H,6H2,1-2H3,(H,15,16)(H,17,18)/t8-/m1/s1. The molecule has 1 aromatic rings. The summed E-state index contributed by atoms with van der Waals surface area (Å²) in [5.41, 5.74) is 1.65. The van der Waals surface area contributed by atoms with Crippen molar-refractivity contribution in [2.24, 2.45) is 0 Å². The monoisotopic (exact) mass is 314 g/mol. The van der Waals surface area contributed by atoms with Gasteiger partial charge >= 0.3 is 5.97 Å². The smallest absolute Gasteiger partial charge is 0.320 e. The van der Waals surface area contributed by atoms with E-state index in [-0.39, 0.29) is 12.5 Å². The molecule has 98 valence electrons. The van der Waals surface area contributed by atoms with Crippen molar-refractivity contribution in [1.82, 2.24) is 5.32 Å². The normalized spacial score (nSPS) is 11.9. The van der Waals surface area contributed by atoms with E-state index in [9.17, 15) is 9.59 Å². The Morgan fingerprint density at radius 1 is 1.44 bits per heavy atom. The number of aryl methyl sites for hydroxylation is 1. The molecule has 0 saturated carbocycles. The second-order valence-corrected chi connectivity index (χ2v) is 4.86. The number of hydrogen-bond donors (Lipinski definition) is 3. The van der Waals surface area contributed by atoms with Crippen LogP contribution in [0.1, 0.15) is 12.5 Å². The van der Waals surface area contributed by atoms with Gasteiger partial charge in [-0.1, -0.05) is 15.9 Å². The topological polar surface area (TPSA) is 78.4 Å². The van der Waals surface area contributed by atoms with Crippen molar-refractivity contribution in [3.05, 3.63) is 28.2 Å². The maximum absolute atomic E-state index is 11.6. The van der Waals surface area contributed by atoms with Crippen molar-refractivity contribution in [3.8, 4) is 0 Å². The van der Waals surface area contributed by atoms with Gasteiger partial charge in [0.1, 0.15) is 6.04 Å². The molecule has 1 aromatic carbocycles. The first-order valence-electron chi connectivity index (χ1n) is 5.42. The van der Waals surface area contributed by atoms with Crippen LogP contribution in [-0.4, -0.2) is 29.6 Å². The highest BCUT2D eigenvalue weighted by molar-refractivity contribution is 9.10. The van der Waals surface area contributed by atoms with Crippen LogP contribution >= 0.6 is 15.9 Å². The molecule has 0 aliphatic heterocycles. The third-order valence-corrected chi connectivity index (χ3v) is 2.90. The highest BCUT2D eigenvalue weighted by Gasteiger charge is 2.12. The summed E-state index contributed by atoms with van der Waals surface area (Å²) in [7, 11) is 0. The van der Waals surface area contributed by atoms with Crippen LogP contribution in [0.3, 0.4) is 0 Å². The van der Waals surface area contributed by atoms with Crippen LogP contribution in [0, 0.1) is 6.92 Å². The van der Waals surface area contributed by atoms with Gasteiger partial charge in [0, 0.05) is 10.2 Å². The molecule has 0 fully saturated rings. The van der Waals surface area contributed by atoms with E-state index >= 15 is 0 Å². The van der Waals surface area contributed by atoms with E-state index in [4.69, 9.17) is 5.11 Å². The number of anilines is 1. The molecular formula is C12H15BrN2O3. The number of nitrogens with one attached hydrogen (secondary N) is 2. The Morgan fingerprint density at radius 2 is 2.11 bits per heavy atom. The summed E-state index contributed by atoms with van der Waals surface area (Å²) < 4.78 is 0.940. The molecule has 6 heteroatoms. The number of hydrogen-bond acceptors (Lipinski definition) is 3. The van der Waals surface area contributed by atoms with Crippen molar-refractivity contribution in [1.29, 1.82) is 0 Å². The van der Waals surface area contributed by atoms with Crippen LogP contribution in [0.4, 0.5) is 5.69 Å². The van der Waals surface area contributed by atoms with E-state index in [2.05, 4.69) is 26.6 Å². The van der Waals surface area contributed by atoms with Crippen LogP contribution in [0.2, 0.25) is 0 Å². The van der Waals surface area contributed by atoms with Crippen molar-refractivity contribution in [2.75, 3.05) is 11.9 Å². The molecule has 0 aromatic heterocycles. The lowest BCUT2D eigenvalue weighted by Gasteiger charge is -2.11. The zero-order chi connectivity index (χ0) is 13.7. The minimum atomic E-state index is -0.984. The van der Waals surface area contributed by atoms with Gasteiger partial charge in [0.15, 0.2) is 0 Å². The van der Waals surface area contributed by atoms with E-state index in [0.29, 0.717) is 5.69 Å². The number of rotatable bonds is 5. The SMILES string of the molecule is Cc1cc(Br)ccc1NC(=O)CN[C@H](C)C(=O)O. The predicted octanol–water partition coefficient (Wildman–Crippen LogP) is 1.76. The van der Waals surface area contributed by atoms with E-state index in [1.165, 1.54) is 6.92 Å². The van der Waals surface area contributed by atoms with Gasteiger partial charge in [-0.3, -0.25) is 14.9 Å². The summed E-state index contributed by atoms with van der Waals surface area (Å²) in [4.78, 5) is 22.2. The molecule has 0 radical (unpaired) electrons. The third-order valence-electron chi connectivity index (χ3n) is 2.40. The highest BCUT2D eigenvalue weighted by Crippen LogP contribution is 2.19.